The van der Waals surface area contributed by atoms with Crippen LogP contribution in [0.3, 0.4) is 0 Å². The Morgan fingerprint density at radius 1 is 1.02 bits per heavy atom. The highest BCUT2D eigenvalue weighted by Gasteiger charge is 2.33. The minimum Gasteiger partial charge on any atom is -0.497 e. The molecule has 0 spiro atoms. The predicted molar refractivity (Wildman–Crippen MR) is 163 cm³/mol. The van der Waals surface area contributed by atoms with Crippen molar-refractivity contribution in [2.24, 2.45) is 0 Å². The average molecular weight is 600 g/mol. The molecule has 3 aromatic rings. The molecule has 1 atom stereocenters. The zero-order chi connectivity index (χ0) is 30.2. The van der Waals surface area contributed by atoms with Gasteiger partial charge >= 0.3 is 0 Å². The van der Waals surface area contributed by atoms with Crippen LogP contribution in [0.1, 0.15) is 43.4 Å². The molecule has 0 aliphatic carbocycles. The number of unbranched alkanes of at least 4 members (excludes halogenated alkanes) is 1. The fourth-order valence-electron chi connectivity index (χ4n) is 4.29. The molecule has 0 aromatic heterocycles. The number of nitrogens with zero attached hydrogens (tertiary/aromatic N) is 2. The van der Waals surface area contributed by atoms with Crippen LogP contribution < -0.4 is 14.4 Å². The maximum absolute atomic E-state index is 14.1. The SMILES string of the molecule is CCCCNC(=O)[C@@H](C)N(Cc1cccc(OC)c1)C(=O)CN(c1cc(Cl)ccc1C)S(=O)(=O)c1ccc(C)cc1. The van der Waals surface area contributed by atoms with Crippen molar-refractivity contribution in [1.82, 2.24) is 10.2 Å². The van der Waals surface area contributed by atoms with E-state index < -0.39 is 28.5 Å². The summed E-state index contributed by atoms with van der Waals surface area (Å²) in [4.78, 5) is 28.6. The molecule has 0 aliphatic heterocycles. The first kappa shape index (κ1) is 32.0. The summed E-state index contributed by atoms with van der Waals surface area (Å²) in [5.41, 5.74) is 2.55. The highest BCUT2D eigenvalue weighted by molar-refractivity contribution is 7.92. The number of carbonyl (C=O) groups excluding carboxylic acids is 2. The first-order valence-corrected chi connectivity index (χ1v) is 15.4. The van der Waals surface area contributed by atoms with Crippen LogP contribution in [0.15, 0.2) is 71.6 Å². The number of rotatable bonds is 13. The molecule has 41 heavy (non-hydrogen) atoms. The highest BCUT2D eigenvalue weighted by Crippen LogP contribution is 2.30. The smallest absolute Gasteiger partial charge is 0.264 e. The van der Waals surface area contributed by atoms with Crippen molar-refractivity contribution in [3.05, 3.63) is 88.4 Å². The third kappa shape index (κ3) is 8.24. The number of hydrogen-bond donors (Lipinski definition) is 1. The second kappa shape index (κ2) is 14.4. The van der Waals surface area contributed by atoms with Crippen LogP contribution in [-0.4, -0.2) is 51.4 Å². The normalized spacial score (nSPS) is 12.0. The molecule has 0 saturated carbocycles. The summed E-state index contributed by atoms with van der Waals surface area (Å²) >= 11 is 6.28. The summed E-state index contributed by atoms with van der Waals surface area (Å²) in [5, 5.41) is 3.22. The van der Waals surface area contributed by atoms with Gasteiger partial charge in [0, 0.05) is 18.1 Å². The Morgan fingerprint density at radius 3 is 2.39 bits per heavy atom. The fraction of sp³-hybridized carbons (Fsp3) is 0.355. The number of benzene rings is 3. The summed E-state index contributed by atoms with van der Waals surface area (Å²) in [5.74, 6) is -0.254. The Labute approximate surface area is 248 Å². The van der Waals surface area contributed by atoms with E-state index in [0.29, 0.717) is 22.9 Å². The van der Waals surface area contributed by atoms with Crippen molar-refractivity contribution in [2.45, 2.75) is 58.0 Å². The van der Waals surface area contributed by atoms with Gasteiger partial charge in [0.2, 0.25) is 11.8 Å². The largest absolute Gasteiger partial charge is 0.497 e. The number of nitrogens with one attached hydrogen (secondary N) is 1. The van der Waals surface area contributed by atoms with Crippen LogP contribution in [0.25, 0.3) is 0 Å². The van der Waals surface area contributed by atoms with Crippen LogP contribution >= 0.6 is 11.6 Å². The number of amides is 2. The lowest BCUT2D eigenvalue weighted by atomic mass is 10.1. The standard InChI is InChI=1S/C31H38ClN3O5S/c1-6-7-17-33-31(37)24(4)34(20-25-9-8-10-27(18-25)40-5)30(36)21-35(29-19-26(32)14-13-23(29)3)41(38,39)28-15-11-22(2)12-16-28/h8-16,18-19,24H,6-7,17,20-21H2,1-5H3,(H,33,37)/t24-/m1/s1. The third-order valence-electron chi connectivity index (χ3n) is 6.81. The lowest BCUT2D eigenvalue weighted by Crippen LogP contribution is -2.51. The second-order valence-electron chi connectivity index (χ2n) is 9.95. The first-order chi connectivity index (χ1) is 19.5. The Hall–Kier alpha value is -3.56. The van der Waals surface area contributed by atoms with Crippen molar-refractivity contribution >= 4 is 39.1 Å². The van der Waals surface area contributed by atoms with E-state index in [1.54, 1.807) is 63.4 Å². The minimum atomic E-state index is -4.18. The topological polar surface area (TPSA) is 96.0 Å². The monoisotopic (exact) mass is 599 g/mol. The van der Waals surface area contributed by atoms with Crippen molar-refractivity contribution in [3.63, 3.8) is 0 Å². The van der Waals surface area contributed by atoms with E-state index in [2.05, 4.69) is 5.32 Å². The van der Waals surface area contributed by atoms with Gasteiger partial charge in [-0.3, -0.25) is 13.9 Å². The number of aryl methyl sites for hydroxylation is 2. The molecule has 0 radical (unpaired) electrons. The molecule has 8 nitrogen and oxygen atoms in total. The highest BCUT2D eigenvalue weighted by atomic mass is 35.5. The zero-order valence-corrected chi connectivity index (χ0v) is 25.8. The molecule has 0 saturated heterocycles. The van der Waals surface area contributed by atoms with Gasteiger partial charge < -0.3 is 15.0 Å². The summed E-state index contributed by atoms with van der Waals surface area (Å²) in [7, 11) is -2.63. The quantitative estimate of drug-likeness (QED) is 0.262. The summed E-state index contributed by atoms with van der Waals surface area (Å²) in [6.45, 7) is 7.31. The van der Waals surface area contributed by atoms with Crippen LogP contribution in [0.5, 0.6) is 5.75 Å². The number of ether oxygens (including phenoxy) is 1. The molecule has 0 fully saturated rings. The van der Waals surface area contributed by atoms with Crippen LogP contribution in [0.4, 0.5) is 5.69 Å². The van der Waals surface area contributed by atoms with Crippen molar-refractivity contribution in [2.75, 3.05) is 24.5 Å². The molecule has 3 rings (SSSR count). The molecule has 220 valence electrons. The van der Waals surface area contributed by atoms with Crippen molar-refractivity contribution < 1.29 is 22.7 Å². The third-order valence-corrected chi connectivity index (χ3v) is 8.82. The van der Waals surface area contributed by atoms with Gasteiger partial charge in [-0.25, -0.2) is 8.42 Å². The summed E-state index contributed by atoms with van der Waals surface area (Å²) in [6, 6.07) is 17.7. The molecule has 0 aliphatic rings. The van der Waals surface area contributed by atoms with Gasteiger partial charge in [-0.05, 0) is 74.7 Å². The molecule has 1 N–H and O–H groups in total. The predicted octanol–water partition coefficient (Wildman–Crippen LogP) is 5.49. The van der Waals surface area contributed by atoms with E-state index >= 15 is 0 Å². The Morgan fingerprint density at radius 2 is 1.73 bits per heavy atom. The van der Waals surface area contributed by atoms with Crippen LogP contribution in [0.2, 0.25) is 5.02 Å². The Bertz CT molecular complexity index is 1460. The molecule has 0 bridgehead atoms. The van der Waals surface area contributed by atoms with E-state index in [4.69, 9.17) is 16.3 Å². The van der Waals surface area contributed by atoms with Gasteiger partial charge in [0.05, 0.1) is 17.7 Å². The van der Waals surface area contributed by atoms with Gasteiger partial charge in [-0.15, -0.1) is 0 Å². The molecule has 10 heteroatoms. The van der Waals surface area contributed by atoms with E-state index in [-0.39, 0.29) is 23.0 Å². The average Bonchev–Trinajstić information content (AvgIpc) is 2.95. The van der Waals surface area contributed by atoms with E-state index in [1.165, 1.54) is 23.1 Å². The van der Waals surface area contributed by atoms with E-state index in [0.717, 1.165) is 28.3 Å². The second-order valence-corrected chi connectivity index (χ2v) is 12.2. The zero-order valence-electron chi connectivity index (χ0n) is 24.2. The van der Waals surface area contributed by atoms with Gasteiger partial charge in [-0.2, -0.15) is 0 Å². The van der Waals surface area contributed by atoms with Gasteiger partial charge in [0.25, 0.3) is 10.0 Å². The molecular weight excluding hydrogens is 562 g/mol. The minimum absolute atomic E-state index is 0.0416. The fourth-order valence-corrected chi connectivity index (χ4v) is 5.93. The molecular formula is C31H38ClN3O5S. The van der Waals surface area contributed by atoms with Gasteiger partial charge in [-0.1, -0.05) is 60.8 Å². The van der Waals surface area contributed by atoms with Gasteiger partial charge in [0.1, 0.15) is 18.3 Å². The number of sulfonamides is 1. The molecule has 3 aromatic carbocycles. The lowest BCUT2D eigenvalue weighted by Gasteiger charge is -2.32. The number of carbonyl (C=O) groups is 2. The Kier molecular flexibility index (Phi) is 11.2. The summed E-state index contributed by atoms with van der Waals surface area (Å²) < 4.78 is 34.4. The molecule has 0 heterocycles. The number of methoxy groups -OCH3 is 1. The number of halogens is 1. The van der Waals surface area contributed by atoms with Crippen molar-refractivity contribution in [3.8, 4) is 5.75 Å². The van der Waals surface area contributed by atoms with Crippen LogP contribution in [-0.2, 0) is 26.2 Å². The van der Waals surface area contributed by atoms with Crippen molar-refractivity contribution in [1.29, 1.82) is 0 Å². The number of hydrogen-bond acceptors (Lipinski definition) is 5. The molecule has 0 unspecified atom stereocenters. The summed E-state index contributed by atoms with van der Waals surface area (Å²) in [6.07, 6.45) is 1.71. The first-order valence-electron chi connectivity index (χ1n) is 13.5. The van der Waals surface area contributed by atoms with E-state index in [1.807, 2.05) is 19.9 Å². The Balaban J connectivity index is 2.05. The number of anilines is 1. The maximum atomic E-state index is 14.1. The lowest BCUT2D eigenvalue weighted by molar-refractivity contribution is -0.139. The van der Waals surface area contributed by atoms with Crippen LogP contribution in [0, 0.1) is 13.8 Å². The maximum Gasteiger partial charge on any atom is 0.264 e. The van der Waals surface area contributed by atoms with E-state index in [9.17, 15) is 18.0 Å². The molecule has 2 amide bonds. The van der Waals surface area contributed by atoms with Gasteiger partial charge in [0.15, 0.2) is 0 Å².